The van der Waals surface area contributed by atoms with Gasteiger partial charge in [-0.25, -0.2) is 0 Å². The molecule has 3 heteroatoms. The predicted molar refractivity (Wildman–Crippen MR) is 110 cm³/mol. The highest BCUT2D eigenvalue weighted by Gasteiger charge is 2.57. The monoisotopic (exact) mass is 362 g/mol. The van der Waals surface area contributed by atoms with Crippen molar-refractivity contribution in [3.63, 3.8) is 0 Å². The zero-order valence-corrected chi connectivity index (χ0v) is 17.8. The summed E-state index contributed by atoms with van der Waals surface area (Å²) in [5.74, 6) is 0.832. The molecule has 0 spiro atoms. The molecule has 0 aromatic heterocycles. The van der Waals surface area contributed by atoms with Gasteiger partial charge in [0.15, 0.2) is 0 Å². The van der Waals surface area contributed by atoms with Gasteiger partial charge in [0.1, 0.15) is 11.5 Å². The van der Waals surface area contributed by atoms with Crippen molar-refractivity contribution in [3.05, 3.63) is 47.0 Å². The zero-order chi connectivity index (χ0) is 19.3. The molecule has 2 aliphatic carbocycles. The fourth-order valence-corrected chi connectivity index (χ4v) is 6.03. The van der Waals surface area contributed by atoms with Gasteiger partial charge in [0.05, 0.1) is 9.49 Å². The summed E-state index contributed by atoms with van der Waals surface area (Å²) in [5, 5.41) is 22.0. The molecule has 0 aliphatic heterocycles. The summed E-state index contributed by atoms with van der Waals surface area (Å²) in [6.45, 7) is 17.4. The minimum Gasteiger partial charge on any atom is -0.511 e. The second-order valence-corrected chi connectivity index (χ2v) is 11.3. The molecule has 2 rings (SSSR count). The van der Waals surface area contributed by atoms with Crippen LogP contribution in [-0.2, 0) is 0 Å². The van der Waals surface area contributed by atoms with Crippen LogP contribution in [0.4, 0.5) is 0 Å². The summed E-state index contributed by atoms with van der Waals surface area (Å²) in [6.07, 6.45) is 9.28. The van der Waals surface area contributed by atoms with E-state index in [-0.39, 0.29) is 10.8 Å². The van der Waals surface area contributed by atoms with Crippen LogP contribution in [-0.4, -0.2) is 19.7 Å². The first-order chi connectivity index (χ1) is 11.3. The maximum atomic E-state index is 11.0. The molecule has 0 fully saturated rings. The van der Waals surface area contributed by atoms with Crippen LogP contribution in [0.3, 0.4) is 0 Å². The summed E-state index contributed by atoms with van der Waals surface area (Å²) in [5.41, 5.74) is 2.19. The van der Waals surface area contributed by atoms with E-state index in [0.717, 1.165) is 12.8 Å². The maximum Gasteiger partial charge on any atom is 0.109 e. The van der Waals surface area contributed by atoms with Crippen molar-refractivity contribution in [2.45, 2.75) is 77.7 Å². The molecule has 0 saturated carbocycles. The molecule has 2 aliphatic rings. The number of aliphatic hydroxyl groups excluding tert-OH is 2. The van der Waals surface area contributed by atoms with Crippen molar-refractivity contribution in [3.8, 4) is 0 Å². The number of allylic oxidation sites excluding steroid dienone is 6. The lowest BCUT2D eigenvalue weighted by Gasteiger charge is -2.55. The van der Waals surface area contributed by atoms with E-state index in [1.54, 1.807) is 11.8 Å². The van der Waals surface area contributed by atoms with Crippen molar-refractivity contribution in [1.82, 2.24) is 0 Å². The van der Waals surface area contributed by atoms with Crippen LogP contribution >= 0.6 is 11.8 Å². The molecule has 140 valence electrons. The lowest BCUT2D eigenvalue weighted by molar-refractivity contribution is 0.203. The van der Waals surface area contributed by atoms with Gasteiger partial charge < -0.3 is 10.2 Å². The Labute approximate surface area is 157 Å². The largest absolute Gasteiger partial charge is 0.511 e. The predicted octanol–water partition coefficient (Wildman–Crippen LogP) is 6.87. The highest BCUT2D eigenvalue weighted by Crippen LogP contribution is 2.63. The van der Waals surface area contributed by atoms with Crippen LogP contribution in [0.5, 0.6) is 0 Å². The Morgan fingerprint density at radius 2 is 1.04 bits per heavy atom. The molecule has 2 N–H and O–H groups in total. The highest BCUT2D eigenvalue weighted by atomic mass is 32.2. The van der Waals surface area contributed by atoms with Crippen LogP contribution in [0.2, 0.25) is 0 Å². The van der Waals surface area contributed by atoms with Crippen molar-refractivity contribution in [1.29, 1.82) is 0 Å². The molecule has 0 aromatic rings. The Hall–Kier alpha value is -1.09. The average Bonchev–Trinajstić information content (AvgIpc) is 2.44. The Kier molecular flexibility index (Phi) is 5.07. The normalized spacial score (nSPS) is 31.0. The van der Waals surface area contributed by atoms with E-state index in [1.807, 2.05) is 24.3 Å². The summed E-state index contributed by atoms with van der Waals surface area (Å²) in [4.78, 5) is 0. The van der Waals surface area contributed by atoms with E-state index in [1.165, 1.54) is 11.1 Å². The number of aliphatic hydroxyl groups is 2. The standard InChI is InChI=1S/C22H34O2S/c1-15-9-11-17(23)21(13-15,19(3,4)5)25-22(20(6,7)8)14-16(2)10-12-18(22)24/h9-12,23-24H,13-14H2,1-8H3. The average molecular weight is 363 g/mol. The number of hydrogen-bond acceptors (Lipinski definition) is 3. The molecular formula is C22H34O2S. The number of thioether (sulfide) groups is 1. The lowest BCUT2D eigenvalue weighted by atomic mass is 9.72. The Bertz CT molecular complexity index is 609. The molecule has 0 amide bonds. The first kappa shape index (κ1) is 20.2. The lowest BCUT2D eigenvalue weighted by Crippen LogP contribution is -2.52. The molecule has 2 unspecified atom stereocenters. The minimum atomic E-state index is -0.474. The van der Waals surface area contributed by atoms with Crippen LogP contribution in [0.1, 0.15) is 68.2 Å². The van der Waals surface area contributed by atoms with Crippen LogP contribution in [0.25, 0.3) is 0 Å². The van der Waals surface area contributed by atoms with Crippen molar-refractivity contribution in [2.75, 3.05) is 0 Å². The van der Waals surface area contributed by atoms with Gasteiger partial charge in [-0.15, -0.1) is 11.8 Å². The third-order valence-corrected chi connectivity index (χ3v) is 8.33. The third-order valence-electron chi connectivity index (χ3n) is 5.71. The molecule has 2 nitrogen and oxygen atoms in total. The van der Waals surface area contributed by atoms with Gasteiger partial charge in [-0.2, -0.15) is 0 Å². The van der Waals surface area contributed by atoms with Gasteiger partial charge >= 0.3 is 0 Å². The molecular weight excluding hydrogens is 328 g/mol. The molecule has 0 bridgehead atoms. The fraction of sp³-hybridized carbons (Fsp3) is 0.636. The quantitative estimate of drug-likeness (QED) is 0.563. The first-order valence-electron chi connectivity index (χ1n) is 9.09. The third kappa shape index (κ3) is 3.32. The molecule has 25 heavy (non-hydrogen) atoms. The first-order valence-corrected chi connectivity index (χ1v) is 9.91. The summed E-state index contributed by atoms with van der Waals surface area (Å²) >= 11 is 1.76. The second-order valence-electron chi connectivity index (χ2n) is 9.74. The van der Waals surface area contributed by atoms with Gasteiger partial charge in [-0.05, 0) is 49.7 Å². The molecule has 0 saturated heterocycles. The number of rotatable bonds is 2. The van der Waals surface area contributed by atoms with Crippen molar-refractivity contribution in [2.24, 2.45) is 10.8 Å². The maximum absolute atomic E-state index is 11.0. The van der Waals surface area contributed by atoms with Crippen LogP contribution < -0.4 is 0 Å². The van der Waals surface area contributed by atoms with Gasteiger partial charge in [-0.3, -0.25) is 0 Å². The van der Waals surface area contributed by atoms with Gasteiger partial charge in [0.2, 0.25) is 0 Å². The summed E-state index contributed by atoms with van der Waals surface area (Å²) in [7, 11) is 0. The summed E-state index contributed by atoms with van der Waals surface area (Å²) in [6, 6.07) is 0. The van der Waals surface area contributed by atoms with E-state index in [2.05, 4.69) is 55.4 Å². The second kappa shape index (κ2) is 6.26. The molecule has 0 radical (unpaired) electrons. The number of hydrogen-bond donors (Lipinski definition) is 2. The van der Waals surface area contributed by atoms with Crippen molar-refractivity contribution >= 4 is 11.8 Å². The summed E-state index contributed by atoms with van der Waals surface area (Å²) < 4.78 is -0.947. The topological polar surface area (TPSA) is 40.5 Å². The van der Waals surface area contributed by atoms with E-state index in [0.29, 0.717) is 11.5 Å². The Balaban J connectivity index is 2.65. The Morgan fingerprint density at radius 1 is 0.720 bits per heavy atom. The van der Waals surface area contributed by atoms with Gasteiger partial charge in [0, 0.05) is 0 Å². The van der Waals surface area contributed by atoms with Crippen LogP contribution in [0.15, 0.2) is 47.0 Å². The zero-order valence-electron chi connectivity index (χ0n) is 17.0. The Morgan fingerprint density at radius 3 is 1.32 bits per heavy atom. The van der Waals surface area contributed by atoms with E-state index in [4.69, 9.17) is 0 Å². The van der Waals surface area contributed by atoms with Crippen LogP contribution in [0, 0.1) is 10.8 Å². The minimum absolute atomic E-state index is 0.165. The fourth-order valence-electron chi connectivity index (χ4n) is 3.88. The van der Waals surface area contributed by atoms with E-state index < -0.39 is 9.49 Å². The molecule has 0 aromatic carbocycles. The van der Waals surface area contributed by atoms with Crippen molar-refractivity contribution < 1.29 is 10.2 Å². The van der Waals surface area contributed by atoms with E-state index in [9.17, 15) is 10.2 Å². The highest BCUT2D eigenvalue weighted by molar-refractivity contribution is 8.02. The van der Waals surface area contributed by atoms with E-state index >= 15 is 0 Å². The molecule has 2 atom stereocenters. The van der Waals surface area contributed by atoms with Gasteiger partial charge in [0.25, 0.3) is 0 Å². The molecule has 0 heterocycles. The smallest absolute Gasteiger partial charge is 0.109 e. The SMILES string of the molecule is CC1=CC=C(O)C(SC2(C(C)(C)C)CC(C)=CC=C2O)(C(C)(C)C)C1. The van der Waals surface area contributed by atoms with Gasteiger partial charge in [-0.1, -0.05) is 64.8 Å².